The van der Waals surface area contributed by atoms with Crippen LogP contribution in [0.2, 0.25) is 0 Å². The lowest BCUT2D eigenvalue weighted by Gasteiger charge is -2.27. The van der Waals surface area contributed by atoms with Crippen molar-refractivity contribution < 1.29 is 4.39 Å². The molecule has 2 nitrogen and oxygen atoms in total. The Balaban J connectivity index is 1.82. The Hall–Kier alpha value is -1.09. The van der Waals surface area contributed by atoms with E-state index in [1.54, 1.807) is 6.07 Å². The van der Waals surface area contributed by atoms with Crippen LogP contribution in [0, 0.1) is 12.7 Å². The largest absolute Gasteiger partial charge is 0.368 e. The van der Waals surface area contributed by atoms with Crippen LogP contribution in [0.1, 0.15) is 24.8 Å². The van der Waals surface area contributed by atoms with E-state index in [0.29, 0.717) is 6.04 Å². The van der Waals surface area contributed by atoms with Gasteiger partial charge < -0.3 is 4.90 Å². The van der Waals surface area contributed by atoms with Gasteiger partial charge in [-0.05, 0) is 50.4 Å². The fourth-order valence-corrected chi connectivity index (χ4v) is 3.29. The molecule has 3 heteroatoms. The van der Waals surface area contributed by atoms with E-state index in [1.807, 2.05) is 19.1 Å². The standard InChI is InChI=1S/C15H21FN2/c1-12-5-6-15(14(16)10-12)18-9-3-8-17-7-2-4-13(17)11-18/h5-6,10,13H,2-4,7-9,11H2,1H3. The van der Waals surface area contributed by atoms with Crippen molar-refractivity contribution in [3.63, 3.8) is 0 Å². The van der Waals surface area contributed by atoms with Crippen LogP contribution in [0.4, 0.5) is 10.1 Å². The third-order valence-corrected chi connectivity index (χ3v) is 4.25. The van der Waals surface area contributed by atoms with Crippen molar-refractivity contribution in [2.24, 2.45) is 0 Å². The van der Waals surface area contributed by atoms with Crippen LogP contribution in [0.25, 0.3) is 0 Å². The SMILES string of the molecule is Cc1ccc(N2CCCN3CCCC3C2)c(F)c1. The lowest BCUT2D eigenvalue weighted by atomic mass is 10.1. The minimum Gasteiger partial charge on any atom is -0.368 e. The van der Waals surface area contributed by atoms with Crippen molar-refractivity contribution in [1.82, 2.24) is 4.90 Å². The van der Waals surface area contributed by atoms with Gasteiger partial charge in [0, 0.05) is 25.7 Å². The second-order valence-electron chi connectivity index (χ2n) is 5.59. The van der Waals surface area contributed by atoms with Crippen molar-refractivity contribution in [1.29, 1.82) is 0 Å². The first-order valence-corrected chi connectivity index (χ1v) is 6.99. The molecule has 0 spiro atoms. The highest BCUT2D eigenvalue weighted by Gasteiger charge is 2.29. The van der Waals surface area contributed by atoms with E-state index in [4.69, 9.17) is 0 Å². The van der Waals surface area contributed by atoms with Gasteiger partial charge in [-0.3, -0.25) is 4.90 Å². The molecule has 0 radical (unpaired) electrons. The van der Waals surface area contributed by atoms with Crippen LogP contribution in [0.3, 0.4) is 0 Å². The number of benzene rings is 1. The molecule has 2 fully saturated rings. The number of fused-ring (bicyclic) bond motifs is 1. The maximum Gasteiger partial charge on any atom is 0.146 e. The number of hydrogen-bond donors (Lipinski definition) is 0. The molecule has 3 rings (SSSR count). The minimum absolute atomic E-state index is 0.0681. The average molecular weight is 248 g/mol. The molecule has 2 aliphatic heterocycles. The van der Waals surface area contributed by atoms with E-state index in [1.165, 1.54) is 25.9 Å². The summed E-state index contributed by atoms with van der Waals surface area (Å²) >= 11 is 0. The monoisotopic (exact) mass is 248 g/mol. The van der Waals surface area contributed by atoms with Gasteiger partial charge in [0.05, 0.1) is 5.69 Å². The molecule has 2 saturated heterocycles. The van der Waals surface area contributed by atoms with Gasteiger partial charge in [-0.25, -0.2) is 4.39 Å². The molecule has 0 aromatic heterocycles. The van der Waals surface area contributed by atoms with Gasteiger partial charge in [0.25, 0.3) is 0 Å². The summed E-state index contributed by atoms with van der Waals surface area (Å²) in [5, 5.41) is 0. The Bertz CT molecular complexity index is 433. The van der Waals surface area contributed by atoms with Crippen LogP contribution < -0.4 is 4.90 Å². The quantitative estimate of drug-likeness (QED) is 0.754. The molecule has 18 heavy (non-hydrogen) atoms. The summed E-state index contributed by atoms with van der Waals surface area (Å²) in [7, 11) is 0. The molecular weight excluding hydrogens is 227 g/mol. The van der Waals surface area contributed by atoms with Crippen LogP contribution in [-0.2, 0) is 0 Å². The number of halogens is 1. The number of nitrogens with zero attached hydrogens (tertiary/aromatic N) is 2. The summed E-state index contributed by atoms with van der Waals surface area (Å²) in [6.07, 6.45) is 3.71. The summed E-state index contributed by atoms with van der Waals surface area (Å²) < 4.78 is 14.1. The third kappa shape index (κ3) is 2.24. The van der Waals surface area contributed by atoms with Gasteiger partial charge in [-0.15, -0.1) is 0 Å². The zero-order valence-electron chi connectivity index (χ0n) is 11.0. The normalized spacial score (nSPS) is 25.0. The first-order valence-electron chi connectivity index (χ1n) is 6.99. The molecule has 1 unspecified atom stereocenters. The lowest BCUT2D eigenvalue weighted by Crippen LogP contribution is -2.36. The number of aryl methyl sites for hydroxylation is 1. The first kappa shape index (κ1) is 12.0. The minimum atomic E-state index is -0.0681. The van der Waals surface area contributed by atoms with Gasteiger partial charge in [0.15, 0.2) is 0 Å². The van der Waals surface area contributed by atoms with Crippen LogP contribution >= 0.6 is 0 Å². The van der Waals surface area contributed by atoms with E-state index < -0.39 is 0 Å². The third-order valence-electron chi connectivity index (χ3n) is 4.25. The molecule has 98 valence electrons. The summed E-state index contributed by atoms with van der Waals surface area (Å²) in [5.74, 6) is -0.0681. The highest BCUT2D eigenvalue weighted by atomic mass is 19.1. The second kappa shape index (κ2) is 4.88. The molecule has 0 amide bonds. The summed E-state index contributed by atoms with van der Waals surface area (Å²) in [5.41, 5.74) is 1.78. The Morgan fingerprint density at radius 3 is 2.83 bits per heavy atom. The van der Waals surface area contributed by atoms with Gasteiger partial charge in [0.1, 0.15) is 5.82 Å². The van der Waals surface area contributed by atoms with Crippen molar-refractivity contribution in [3.8, 4) is 0 Å². The Labute approximate surface area is 108 Å². The van der Waals surface area contributed by atoms with Crippen molar-refractivity contribution in [2.45, 2.75) is 32.2 Å². The molecule has 1 aromatic carbocycles. The number of hydrogen-bond acceptors (Lipinski definition) is 2. The van der Waals surface area contributed by atoms with E-state index in [-0.39, 0.29) is 5.82 Å². The molecule has 1 aromatic rings. The Morgan fingerprint density at radius 1 is 1.17 bits per heavy atom. The van der Waals surface area contributed by atoms with Crippen molar-refractivity contribution >= 4 is 5.69 Å². The molecule has 0 N–H and O–H groups in total. The predicted molar refractivity (Wildman–Crippen MR) is 72.6 cm³/mol. The molecule has 0 aliphatic carbocycles. The van der Waals surface area contributed by atoms with Crippen molar-refractivity contribution in [2.75, 3.05) is 31.1 Å². The van der Waals surface area contributed by atoms with Gasteiger partial charge >= 0.3 is 0 Å². The summed E-state index contributed by atoms with van der Waals surface area (Å²) in [4.78, 5) is 4.82. The molecule has 0 bridgehead atoms. The van der Waals surface area contributed by atoms with Crippen LogP contribution in [0.5, 0.6) is 0 Å². The smallest absolute Gasteiger partial charge is 0.146 e. The fraction of sp³-hybridized carbons (Fsp3) is 0.600. The van der Waals surface area contributed by atoms with Gasteiger partial charge in [-0.1, -0.05) is 6.07 Å². The molecule has 2 aliphatic rings. The van der Waals surface area contributed by atoms with E-state index in [9.17, 15) is 4.39 Å². The van der Waals surface area contributed by atoms with Crippen molar-refractivity contribution in [3.05, 3.63) is 29.6 Å². The van der Waals surface area contributed by atoms with Gasteiger partial charge in [0.2, 0.25) is 0 Å². The van der Waals surface area contributed by atoms with Crippen LogP contribution in [-0.4, -0.2) is 37.1 Å². The molecular formula is C15H21FN2. The highest BCUT2D eigenvalue weighted by molar-refractivity contribution is 5.49. The second-order valence-corrected chi connectivity index (χ2v) is 5.59. The zero-order chi connectivity index (χ0) is 12.5. The predicted octanol–water partition coefficient (Wildman–Crippen LogP) is 2.81. The van der Waals surface area contributed by atoms with E-state index in [0.717, 1.165) is 30.8 Å². The molecule has 0 saturated carbocycles. The lowest BCUT2D eigenvalue weighted by molar-refractivity contribution is 0.273. The Morgan fingerprint density at radius 2 is 2.00 bits per heavy atom. The van der Waals surface area contributed by atoms with Gasteiger partial charge in [-0.2, -0.15) is 0 Å². The highest BCUT2D eigenvalue weighted by Crippen LogP contribution is 2.27. The maximum absolute atomic E-state index is 14.1. The summed E-state index contributed by atoms with van der Waals surface area (Å²) in [6.45, 7) is 6.31. The number of rotatable bonds is 1. The zero-order valence-corrected chi connectivity index (χ0v) is 11.0. The fourth-order valence-electron chi connectivity index (χ4n) is 3.29. The van der Waals surface area contributed by atoms with Crippen LogP contribution in [0.15, 0.2) is 18.2 Å². The maximum atomic E-state index is 14.1. The average Bonchev–Trinajstić information content (AvgIpc) is 2.67. The Kier molecular flexibility index (Phi) is 3.25. The molecule has 2 heterocycles. The summed E-state index contributed by atoms with van der Waals surface area (Å²) in [6, 6.07) is 6.23. The first-order chi connectivity index (χ1) is 8.74. The van der Waals surface area contributed by atoms with E-state index in [2.05, 4.69) is 9.80 Å². The van der Waals surface area contributed by atoms with E-state index >= 15 is 0 Å². The number of anilines is 1. The topological polar surface area (TPSA) is 6.48 Å². The molecule has 1 atom stereocenters.